The fourth-order valence-electron chi connectivity index (χ4n) is 2.31. The molecule has 28 heavy (non-hydrogen) atoms. The molecule has 0 saturated carbocycles. The number of methoxy groups -OCH3 is 1. The van der Waals surface area contributed by atoms with E-state index in [0.717, 1.165) is 4.90 Å². The van der Waals surface area contributed by atoms with Crippen LogP contribution in [0.4, 0.5) is 10.8 Å². The van der Waals surface area contributed by atoms with Gasteiger partial charge < -0.3 is 15.4 Å². The number of hydrogen-bond acceptors (Lipinski definition) is 6. The molecule has 3 aromatic rings. The lowest BCUT2D eigenvalue weighted by atomic mass is 10.2. The highest BCUT2D eigenvalue weighted by Gasteiger charge is 2.15. The number of ether oxygens (including phenoxy) is 1. The third kappa shape index (κ3) is 5.34. The van der Waals surface area contributed by atoms with Gasteiger partial charge in [-0.05, 0) is 55.5 Å². The number of nitrogens with zero attached hydrogens (tertiary/aromatic N) is 1. The Morgan fingerprint density at radius 1 is 1.07 bits per heavy atom. The Morgan fingerprint density at radius 3 is 2.39 bits per heavy atom. The Balaban J connectivity index is 1.55. The first kappa shape index (κ1) is 19.9. The van der Waals surface area contributed by atoms with E-state index in [1.165, 1.54) is 23.1 Å². The number of nitrogens with one attached hydrogen (secondary N) is 2. The summed E-state index contributed by atoms with van der Waals surface area (Å²) >= 11 is 2.82. The largest absolute Gasteiger partial charge is 0.497 e. The molecule has 0 aliphatic rings. The number of thioether (sulfide) groups is 1. The van der Waals surface area contributed by atoms with Crippen LogP contribution in [0.5, 0.6) is 5.75 Å². The molecule has 0 bridgehead atoms. The van der Waals surface area contributed by atoms with Crippen LogP contribution in [0.1, 0.15) is 17.3 Å². The smallest absolute Gasteiger partial charge is 0.255 e. The SMILES string of the molecule is COc1ccc(C(=O)Nc2ccc(SC(C)C(=O)Nc3nccs3)cc2)cc1. The van der Waals surface area contributed by atoms with Crippen LogP contribution in [0.2, 0.25) is 0 Å². The average molecular weight is 414 g/mol. The molecule has 1 unspecified atom stereocenters. The van der Waals surface area contributed by atoms with Gasteiger partial charge in [-0.3, -0.25) is 9.59 Å². The summed E-state index contributed by atoms with van der Waals surface area (Å²) in [6.07, 6.45) is 1.65. The van der Waals surface area contributed by atoms with Gasteiger partial charge in [0, 0.05) is 27.7 Å². The Bertz CT molecular complexity index is 926. The van der Waals surface area contributed by atoms with Crippen molar-refractivity contribution in [1.82, 2.24) is 4.98 Å². The standard InChI is InChI=1S/C20H19N3O3S2/c1-13(18(24)23-20-21-11-12-27-20)28-17-9-5-15(6-10-17)22-19(25)14-3-7-16(26-2)8-4-14/h3-13H,1-2H3,(H,22,25)(H,21,23,24). The number of thiazole rings is 1. The van der Waals surface area contributed by atoms with Gasteiger partial charge in [-0.2, -0.15) is 0 Å². The minimum Gasteiger partial charge on any atom is -0.497 e. The Morgan fingerprint density at radius 2 is 1.79 bits per heavy atom. The summed E-state index contributed by atoms with van der Waals surface area (Å²) in [7, 11) is 1.58. The number of carbonyl (C=O) groups is 2. The summed E-state index contributed by atoms with van der Waals surface area (Å²) in [5, 5.41) is 7.77. The highest BCUT2D eigenvalue weighted by molar-refractivity contribution is 8.00. The first-order valence-corrected chi connectivity index (χ1v) is 10.2. The number of anilines is 2. The molecule has 1 aromatic heterocycles. The molecule has 6 nitrogen and oxygen atoms in total. The molecular weight excluding hydrogens is 394 g/mol. The van der Waals surface area contributed by atoms with Gasteiger partial charge in [0.15, 0.2) is 5.13 Å². The van der Waals surface area contributed by atoms with E-state index in [0.29, 0.717) is 22.1 Å². The summed E-state index contributed by atoms with van der Waals surface area (Å²) < 4.78 is 5.09. The van der Waals surface area contributed by atoms with E-state index in [1.54, 1.807) is 37.6 Å². The maximum absolute atomic E-state index is 12.3. The van der Waals surface area contributed by atoms with E-state index in [2.05, 4.69) is 15.6 Å². The lowest BCUT2D eigenvalue weighted by Crippen LogP contribution is -2.22. The van der Waals surface area contributed by atoms with Gasteiger partial charge >= 0.3 is 0 Å². The number of amides is 2. The second kappa shape index (κ2) is 9.38. The first-order chi connectivity index (χ1) is 13.5. The molecule has 0 fully saturated rings. The van der Waals surface area contributed by atoms with Crippen molar-refractivity contribution in [2.24, 2.45) is 0 Å². The monoisotopic (exact) mass is 413 g/mol. The summed E-state index contributed by atoms with van der Waals surface area (Å²) in [6, 6.07) is 14.3. The van der Waals surface area contributed by atoms with E-state index in [1.807, 2.05) is 36.6 Å². The summed E-state index contributed by atoms with van der Waals surface area (Å²) in [5.74, 6) is 0.405. The molecule has 0 aliphatic heterocycles. The van der Waals surface area contributed by atoms with Gasteiger partial charge in [0.1, 0.15) is 5.75 Å². The highest BCUT2D eigenvalue weighted by atomic mass is 32.2. The minimum absolute atomic E-state index is 0.100. The van der Waals surface area contributed by atoms with Crippen molar-refractivity contribution in [3.63, 3.8) is 0 Å². The van der Waals surface area contributed by atoms with Gasteiger partial charge in [-0.15, -0.1) is 23.1 Å². The predicted molar refractivity (Wildman–Crippen MR) is 113 cm³/mol. The van der Waals surface area contributed by atoms with E-state index in [4.69, 9.17) is 4.74 Å². The zero-order chi connectivity index (χ0) is 19.9. The van der Waals surface area contributed by atoms with Gasteiger partial charge in [0.2, 0.25) is 5.91 Å². The number of aromatic nitrogens is 1. The minimum atomic E-state index is -0.274. The van der Waals surface area contributed by atoms with Crippen LogP contribution in [0.3, 0.4) is 0 Å². The van der Waals surface area contributed by atoms with Crippen LogP contribution in [0.25, 0.3) is 0 Å². The molecule has 0 saturated heterocycles. The third-order valence-corrected chi connectivity index (χ3v) is 5.61. The van der Waals surface area contributed by atoms with Crippen molar-refractivity contribution in [2.75, 3.05) is 17.7 Å². The third-order valence-electron chi connectivity index (χ3n) is 3.81. The van der Waals surface area contributed by atoms with Crippen molar-refractivity contribution in [1.29, 1.82) is 0 Å². The summed E-state index contributed by atoms with van der Waals surface area (Å²) in [4.78, 5) is 29.5. The lowest BCUT2D eigenvalue weighted by Gasteiger charge is -2.11. The van der Waals surface area contributed by atoms with Crippen molar-refractivity contribution in [3.8, 4) is 5.75 Å². The average Bonchev–Trinajstić information content (AvgIpc) is 3.22. The number of benzene rings is 2. The van der Waals surface area contributed by atoms with Crippen molar-refractivity contribution in [3.05, 3.63) is 65.7 Å². The molecular formula is C20H19N3O3S2. The van der Waals surface area contributed by atoms with Gasteiger partial charge in [-0.1, -0.05) is 0 Å². The maximum Gasteiger partial charge on any atom is 0.255 e. The highest BCUT2D eigenvalue weighted by Crippen LogP contribution is 2.26. The van der Waals surface area contributed by atoms with Gasteiger partial charge in [0.25, 0.3) is 5.91 Å². The Hall–Kier alpha value is -2.84. The molecule has 0 aliphatic carbocycles. The molecule has 2 N–H and O–H groups in total. The Labute approximate surface area is 171 Å². The lowest BCUT2D eigenvalue weighted by molar-refractivity contribution is -0.115. The number of hydrogen-bond donors (Lipinski definition) is 2. The molecule has 0 radical (unpaired) electrons. The van der Waals surface area contributed by atoms with Crippen LogP contribution in [-0.4, -0.2) is 29.2 Å². The van der Waals surface area contributed by atoms with Crippen LogP contribution >= 0.6 is 23.1 Å². The molecule has 3 rings (SSSR count). The van der Waals surface area contributed by atoms with Crippen LogP contribution in [0, 0.1) is 0 Å². The molecule has 144 valence electrons. The van der Waals surface area contributed by atoms with Gasteiger partial charge in [0.05, 0.1) is 12.4 Å². The fourth-order valence-corrected chi connectivity index (χ4v) is 3.71. The van der Waals surface area contributed by atoms with Crippen LogP contribution in [0.15, 0.2) is 65.0 Å². The van der Waals surface area contributed by atoms with Crippen molar-refractivity contribution in [2.45, 2.75) is 17.1 Å². The zero-order valence-electron chi connectivity index (χ0n) is 15.3. The number of rotatable bonds is 7. The van der Waals surface area contributed by atoms with Crippen molar-refractivity contribution < 1.29 is 14.3 Å². The van der Waals surface area contributed by atoms with Crippen LogP contribution < -0.4 is 15.4 Å². The normalized spacial score (nSPS) is 11.5. The molecule has 1 heterocycles. The van der Waals surface area contributed by atoms with Gasteiger partial charge in [-0.25, -0.2) is 4.98 Å². The maximum atomic E-state index is 12.3. The summed E-state index contributed by atoms with van der Waals surface area (Å²) in [6.45, 7) is 1.84. The van der Waals surface area contributed by atoms with E-state index in [-0.39, 0.29) is 17.1 Å². The van der Waals surface area contributed by atoms with E-state index < -0.39 is 0 Å². The second-order valence-corrected chi connectivity index (χ2v) is 8.10. The second-order valence-electron chi connectivity index (χ2n) is 5.79. The molecule has 2 aromatic carbocycles. The fraction of sp³-hybridized carbons (Fsp3) is 0.150. The summed E-state index contributed by atoms with van der Waals surface area (Å²) in [5.41, 5.74) is 1.23. The van der Waals surface area contributed by atoms with E-state index >= 15 is 0 Å². The molecule has 8 heteroatoms. The number of carbonyl (C=O) groups excluding carboxylic acids is 2. The zero-order valence-corrected chi connectivity index (χ0v) is 17.0. The van der Waals surface area contributed by atoms with Crippen LogP contribution in [-0.2, 0) is 4.79 Å². The molecule has 1 atom stereocenters. The topological polar surface area (TPSA) is 80.3 Å². The quantitative estimate of drug-likeness (QED) is 0.557. The van der Waals surface area contributed by atoms with Crippen molar-refractivity contribution >= 4 is 45.7 Å². The predicted octanol–water partition coefficient (Wildman–Crippen LogP) is 4.52. The molecule has 2 amide bonds. The molecule has 0 spiro atoms. The van der Waals surface area contributed by atoms with E-state index in [9.17, 15) is 9.59 Å². The Kier molecular flexibility index (Phi) is 6.67. The first-order valence-electron chi connectivity index (χ1n) is 8.47.